The van der Waals surface area contributed by atoms with E-state index in [1.807, 2.05) is 0 Å². The molecule has 0 saturated carbocycles. The van der Waals surface area contributed by atoms with Crippen LogP contribution in [-0.2, 0) is 19.0 Å². The van der Waals surface area contributed by atoms with Crippen molar-refractivity contribution < 1.29 is 18.7 Å². The van der Waals surface area contributed by atoms with Crippen molar-refractivity contribution in [3.8, 4) is 0 Å². The van der Waals surface area contributed by atoms with Gasteiger partial charge in [0, 0.05) is 5.02 Å². The van der Waals surface area contributed by atoms with Crippen LogP contribution >= 0.6 is 19.2 Å². The largest absolute Gasteiger partial charge is 0.373 e. The van der Waals surface area contributed by atoms with Gasteiger partial charge in [0.1, 0.15) is 0 Å². The molecule has 0 aliphatic heterocycles. The maximum absolute atomic E-state index is 12.6. The van der Waals surface area contributed by atoms with Crippen LogP contribution in [0.2, 0.25) is 5.02 Å². The smallest absolute Gasteiger partial charge is 0.366 e. The summed E-state index contributed by atoms with van der Waals surface area (Å²) in [7, 11) is -3.67. The minimum atomic E-state index is -3.67. The van der Waals surface area contributed by atoms with Gasteiger partial charge in [-0.15, -0.1) is 0 Å². The van der Waals surface area contributed by atoms with E-state index >= 15 is 0 Å². The van der Waals surface area contributed by atoms with Crippen LogP contribution in [0.5, 0.6) is 0 Å². The molecule has 1 rings (SSSR count). The normalized spacial score (nSPS) is 15.4. The number of benzene rings is 1. The molecule has 0 heterocycles. The second kappa shape index (κ2) is 6.18. The Morgan fingerprint density at radius 3 is 2.33 bits per heavy atom. The molecular weight excluding hydrogens is 275 g/mol. The van der Waals surface area contributed by atoms with E-state index in [1.54, 1.807) is 38.1 Å². The standard InChI is InChI=1S/C12H18ClO4P/c1-4-16-18(15,17-5-2)12(3,14)10-7-6-8-11(13)9-10/h6-9,14H,4-5H2,1-3H3/t12-/m0/s1. The molecule has 6 heteroatoms. The fourth-order valence-electron chi connectivity index (χ4n) is 1.57. The zero-order chi connectivity index (χ0) is 13.8. The van der Waals surface area contributed by atoms with E-state index in [1.165, 1.54) is 6.92 Å². The molecule has 0 saturated heterocycles. The molecule has 0 unspecified atom stereocenters. The Hall–Kier alpha value is -0.380. The van der Waals surface area contributed by atoms with E-state index < -0.39 is 12.9 Å². The second-order valence-corrected chi connectivity index (χ2v) is 6.68. The molecule has 18 heavy (non-hydrogen) atoms. The molecule has 0 aromatic heterocycles. The number of aliphatic hydroxyl groups is 1. The van der Waals surface area contributed by atoms with Gasteiger partial charge in [0.05, 0.1) is 13.2 Å². The van der Waals surface area contributed by atoms with Crippen LogP contribution < -0.4 is 0 Å². The predicted octanol–water partition coefficient (Wildman–Crippen LogP) is 3.77. The van der Waals surface area contributed by atoms with Crippen LogP contribution in [0.4, 0.5) is 0 Å². The van der Waals surface area contributed by atoms with Crippen molar-refractivity contribution in [3.05, 3.63) is 34.9 Å². The van der Waals surface area contributed by atoms with Crippen molar-refractivity contribution >= 4 is 19.2 Å². The van der Waals surface area contributed by atoms with Gasteiger partial charge < -0.3 is 14.2 Å². The van der Waals surface area contributed by atoms with E-state index in [0.717, 1.165) is 0 Å². The van der Waals surface area contributed by atoms with Crippen LogP contribution in [0.25, 0.3) is 0 Å². The lowest BCUT2D eigenvalue weighted by Gasteiger charge is -2.31. The molecule has 0 radical (unpaired) electrons. The van der Waals surface area contributed by atoms with Gasteiger partial charge in [0.25, 0.3) is 0 Å². The summed E-state index contributed by atoms with van der Waals surface area (Å²) >= 11 is 5.87. The van der Waals surface area contributed by atoms with Gasteiger partial charge in [-0.05, 0) is 38.5 Å². The van der Waals surface area contributed by atoms with Gasteiger partial charge in [0.2, 0.25) is 0 Å². The minimum absolute atomic E-state index is 0.188. The first-order valence-corrected chi connectivity index (χ1v) is 7.67. The van der Waals surface area contributed by atoms with Crippen LogP contribution in [-0.4, -0.2) is 18.3 Å². The highest BCUT2D eigenvalue weighted by Gasteiger charge is 2.47. The van der Waals surface area contributed by atoms with Crippen LogP contribution in [0.1, 0.15) is 26.3 Å². The van der Waals surface area contributed by atoms with Gasteiger partial charge in [-0.25, -0.2) is 0 Å². The summed E-state index contributed by atoms with van der Waals surface area (Å²) < 4.78 is 22.9. The number of halogens is 1. The molecule has 1 atom stereocenters. The molecule has 0 fully saturated rings. The maximum Gasteiger partial charge on any atom is 0.366 e. The lowest BCUT2D eigenvalue weighted by molar-refractivity contribution is 0.0802. The summed E-state index contributed by atoms with van der Waals surface area (Å²) in [5, 5.41) is 9.24. The van der Waals surface area contributed by atoms with E-state index in [0.29, 0.717) is 10.6 Å². The Kier molecular flexibility index (Phi) is 5.38. The molecule has 0 spiro atoms. The third-order valence-corrected chi connectivity index (χ3v) is 5.26. The lowest BCUT2D eigenvalue weighted by Crippen LogP contribution is -2.24. The van der Waals surface area contributed by atoms with Gasteiger partial charge >= 0.3 is 7.60 Å². The number of hydrogen-bond acceptors (Lipinski definition) is 4. The molecular formula is C12H18ClO4P. The Morgan fingerprint density at radius 2 is 1.89 bits per heavy atom. The minimum Gasteiger partial charge on any atom is -0.373 e. The van der Waals surface area contributed by atoms with Gasteiger partial charge in [0.15, 0.2) is 5.34 Å². The predicted molar refractivity (Wildman–Crippen MR) is 71.9 cm³/mol. The zero-order valence-electron chi connectivity index (χ0n) is 10.7. The SMILES string of the molecule is CCOP(=O)(OCC)[C@](C)(O)c1cccc(Cl)c1. The monoisotopic (exact) mass is 292 g/mol. The first-order chi connectivity index (χ1) is 8.37. The quantitative estimate of drug-likeness (QED) is 0.811. The van der Waals surface area contributed by atoms with Crippen LogP contribution in [0.3, 0.4) is 0 Å². The highest BCUT2D eigenvalue weighted by Crippen LogP contribution is 2.63. The molecule has 1 N–H and O–H groups in total. The molecule has 0 aliphatic carbocycles. The summed E-state index contributed by atoms with van der Waals surface area (Å²) in [4.78, 5) is 0. The Labute approximate surface area is 112 Å². The third kappa shape index (κ3) is 3.14. The first-order valence-electron chi connectivity index (χ1n) is 5.75. The summed E-state index contributed by atoms with van der Waals surface area (Å²) in [6.07, 6.45) is 0. The first kappa shape index (κ1) is 15.7. The molecule has 0 bridgehead atoms. The average Bonchev–Trinajstić information content (AvgIpc) is 2.29. The molecule has 0 amide bonds. The lowest BCUT2D eigenvalue weighted by atomic mass is 10.1. The van der Waals surface area contributed by atoms with Crippen LogP contribution in [0.15, 0.2) is 24.3 Å². The van der Waals surface area contributed by atoms with Crippen molar-refractivity contribution in [2.45, 2.75) is 26.1 Å². The average molecular weight is 293 g/mol. The van der Waals surface area contributed by atoms with Crippen molar-refractivity contribution in [1.29, 1.82) is 0 Å². The molecule has 4 nitrogen and oxygen atoms in total. The summed E-state index contributed by atoms with van der Waals surface area (Å²) in [5.41, 5.74) is 0.403. The highest BCUT2D eigenvalue weighted by molar-refractivity contribution is 7.54. The second-order valence-electron chi connectivity index (χ2n) is 3.86. The topological polar surface area (TPSA) is 55.8 Å². The van der Waals surface area contributed by atoms with E-state index in [9.17, 15) is 9.67 Å². The van der Waals surface area contributed by atoms with Gasteiger partial charge in [-0.2, -0.15) is 0 Å². The summed E-state index contributed by atoms with van der Waals surface area (Å²) in [6, 6.07) is 6.53. The van der Waals surface area contributed by atoms with Crippen molar-refractivity contribution in [3.63, 3.8) is 0 Å². The summed E-state index contributed by atoms with van der Waals surface area (Å²) in [6.45, 7) is 5.17. The Morgan fingerprint density at radius 1 is 1.33 bits per heavy atom. The molecule has 1 aromatic rings. The zero-order valence-corrected chi connectivity index (χ0v) is 12.4. The maximum atomic E-state index is 12.6. The number of hydrogen-bond donors (Lipinski definition) is 1. The Bertz CT molecular complexity index is 437. The van der Waals surface area contributed by atoms with Crippen molar-refractivity contribution in [2.24, 2.45) is 0 Å². The van der Waals surface area contributed by atoms with E-state index in [-0.39, 0.29) is 13.2 Å². The Balaban J connectivity index is 3.20. The fraction of sp³-hybridized carbons (Fsp3) is 0.500. The van der Waals surface area contributed by atoms with Gasteiger partial charge in [-0.1, -0.05) is 23.7 Å². The summed E-state index contributed by atoms with van der Waals surface area (Å²) in [5.74, 6) is 0. The molecule has 0 aliphatic rings. The van der Waals surface area contributed by atoms with Crippen LogP contribution in [0, 0.1) is 0 Å². The highest BCUT2D eigenvalue weighted by atomic mass is 35.5. The fourth-order valence-corrected chi connectivity index (χ4v) is 3.47. The third-order valence-electron chi connectivity index (χ3n) is 2.50. The molecule has 102 valence electrons. The van der Waals surface area contributed by atoms with E-state index in [4.69, 9.17) is 20.6 Å². The molecule has 1 aromatic carbocycles. The number of rotatable bonds is 6. The van der Waals surface area contributed by atoms with E-state index in [2.05, 4.69) is 0 Å². The van der Waals surface area contributed by atoms with Crippen molar-refractivity contribution in [2.75, 3.05) is 13.2 Å². The van der Waals surface area contributed by atoms with Crippen molar-refractivity contribution in [1.82, 2.24) is 0 Å². The van der Waals surface area contributed by atoms with Gasteiger partial charge in [-0.3, -0.25) is 4.57 Å².